The van der Waals surface area contributed by atoms with E-state index in [9.17, 15) is 4.79 Å². The molecular formula is C21H26N2O3. The Morgan fingerprint density at radius 2 is 1.85 bits per heavy atom. The number of carbonyl (C=O) groups excluding carboxylic acids is 1. The predicted molar refractivity (Wildman–Crippen MR) is 100.0 cm³/mol. The molecule has 5 heteroatoms. The van der Waals surface area contributed by atoms with Crippen molar-refractivity contribution in [3.05, 3.63) is 53.9 Å². The summed E-state index contributed by atoms with van der Waals surface area (Å²) in [6.45, 7) is 0.965. The van der Waals surface area contributed by atoms with Crippen molar-refractivity contribution in [1.82, 2.24) is 10.3 Å². The van der Waals surface area contributed by atoms with Gasteiger partial charge in [0.15, 0.2) is 11.5 Å². The van der Waals surface area contributed by atoms with Crippen molar-refractivity contribution in [1.29, 1.82) is 0 Å². The van der Waals surface area contributed by atoms with Gasteiger partial charge < -0.3 is 14.8 Å². The highest BCUT2D eigenvalue weighted by Gasteiger charge is 2.20. The second-order valence-corrected chi connectivity index (χ2v) is 6.68. The number of nitrogens with one attached hydrogen (secondary N) is 1. The van der Waals surface area contributed by atoms with Gasteiger partial charge in [-0.2, -0.15) is 0 Å². The van der Waals surface area contributed by atoms with Gasteiger partial charge in [-0.1, -0.05) is 25.3 Å². The first-order valence-corrected chi connectivity index (χ1v) is 9.22. The molecule has 1 heterocycles. The molecule has 0 unspecified atom stereocenters. The summed E-state index contributed by atoms with van der Waals surface area (Å²) in [5.74, 6) is 1.70. The molecular weight excluding hydrogens is 328 g/mol. The molecule has 0 atom stereocenters. The lowest BCUT2D eigenvalue weighted by molar-refractivity contribution is -0.126. The van der Waals surface area contributed by atoms with Gasteiger partial charge in [-0.25, -0.2) is 0 Å². The van der Waals surface area contributed by atoms with Crippen LogP contribution >= 0.6 is 0 Å². The van der Waals surface area contributed by atoms with Crippen LogP contribution in [-0.2, 0) is 17.9 Å². The van der Waals surface area contributed by atoms with Gasteiger partial charge in [-0.05, 0) is 48.2 Å². The van der Waals surface area contributed by atoms with Gasteiger partial charge in [0.1, 0.15) is 6.61 Å². The number of hydrogen-bond acceptors (Lipinski definition) is 4. The third kappa shape index (κ3) is 4.97. The molecule has 1 aliphatic rings. The van der Waals surface area contributed by atoms with Crippen LogP contribution in [0.2, 0.25) is 0 Å². The van der Waals surface area contributed by atoms with Crippen LogP contribution in [0, 0.1) is 5.92 Å². The molecule has 0 radical (unpaired) electrons. The Balaban J connectivity index is 1.56. The summed E-state index contributed by atoms with van der Waals surface area (Å²) in [4.78, 5) is 16.3. The van der Waals surface area contributed by atoms with Crippen LogP contribution in [0.4, 0.5) is 0 Å². The van der Waals surface area contributed by atoms with Crippen molar-refractivity contribution >= 4 is 5.91 Å². The molecule has 3 rings (SSSR count). The van der Waals surface area contributed by atoms with Gasteiger partial charge in [-0.3, -0.25) is 9.78 Å². The lowest BCUT2D eigenvalue weighted by Gasteiger charge is -2.21. The Kier molecular flexibility index (Phi) is 6.47. The highest BCUT2D eigenvalue weighted by Crippen LogP contribution is 2.29. The van der Waals surface area contributed by atoms with Crippen LogP contribution in [-0.4, -0.2) is 18.0 Å². The van der Waals surface area contributed by atoms with Gasteiger partial charge in [0, 0.05) is 24.9 Å². The fraction of sp³-hybridized carbons (Fsp3) is 0.429. The smallest absolute Gasteiger partial charge is 0.223 e. The summed E-state index contributed by atoms with van der Waals surface area (Å²) in [6, 6.07) is 9.61. The molecule has 1 aliphatic carbocycles. The molecule has 1 aromatic carbocycles. The van der Waals surface area contributed by atoms with E-state index in [2.05, 4.69) is 10.3 Å². The number of carbonyl (C=O) groups is 1. The number of pyridine rings is 1. The zero-order chi connectivity index (χ0) is 18.2. The van der Waals surface area contributed by atoms with E-state index in [1.165, 1.54) is 6.42 Å². The summed E-state index contributed by atoms with van der Waals surface area (Å²) in [5, 5.41) is 3.06. The molecule has 2 aromatic rings. The topological polar surface area (TPSA) is 60.5 Å². The van der Waals surface area contributed by atoms with Gasteiger partial charge in [0.25, 0.3) is 0 Å². The van der Waals surface area contributed by atoms with Crippen LogP contribution < -0.4 is 14.8 Å². The minimum Gasteiger partial charge on any atom is -0.493 e. The van der Waals surface area contributed by atoms with Gasteiger partial charge in [-0.15, -0.1) is 0 Å². The highest BCUT2D eigenvalue weighted by molar-refractivity contribution is 5.78. The van der Waals surface area contributed by atoms with Crippen molar-refractivity contribution in [2.24, 2.45) is 5.92 Å². The predicted octanol–water partition coefficient (Wildman–Crippen LogP) is 3.87. The number of benzene rings is 1. The average Bonchev–Trinajstić information content (AvgIpc) is 2.72. The monoisotopic (exact) mass is 354 g/mol. The lowest BCUT2D eigenvalue weighted by atomic mass is 9.88. The van der Waals surface area contributed by atoms with E-state index >= 15 is 0 Å². The minimum atomic E-state index is 0.168. The summed E-state index contributed by atoms with van der Waals surface area (Å²) in [6.07, 6.45) is 9.09. The Morgan fingerprint density at radius 1 is 1.08 bits per heavy atom. The summed E-state index contributed by atoms with van der Waals surface area (Å²) < 4.78 is 11.3. The second kappa shape index (κ2) is 9.22. The van der Waals surface area contributed by atoms with Crippen molar-refractivity contribution in [3.8, 4) is 11.5 Å². The third-order valence-electron chi connectivity index (χ3n) is 4.81. The fourth-order valence-electron chi connectivity index (χ4n) is 3.28. The van der Waals surface area contributed by atoms with E-state index in [0.717, 1.165) is 36.8 Å². The van der Waals surface area contributed by atoms with Crippen LogP contribution in [0.3, 0.4) is 0 Å². The first-order chi connectivity index (χ1) is 12.8. The number of aromatic nitrogens is 1. The molecule has 5 nitrogen and oxygen atoms in total. The molecule has 1 saturated carbocycles. The maximum absolute atomic E-state index is 12.3. The number of ether oxygens (including phenoxy) is 2. The summed E-state index contributed by atoms with van der Waals surface area (Å²) in [5.41, 5.74) is 2.05. The molecule has 0 aliphatic heterocycles. The normalized spacial score (nSPS) is 14.7. The molecule has 138 valence electrons. The molecule has 26 heavy (non-hydrogen) atoms. The van der Waals surface area contributed by atoms with Crippen LogP contribution in [0.1, 0.15) is 43.2 Å². The van der Waals surface area contributed by atoms with E-state index in [1.54, 1.807) is 19.5 Å². The van der Waals surface area contributed by atoms with Crippen molar-refractivity contribution in [3.63, 3.8) is 0 Å². The van der Waals surface area contributed by atoms with Crippen molar-refractivity contribution in [2.75, 3.05) is 7.11 Å². The van der Waals surface area contributed by atoms with Crippen molar-refractivity contribution in [2.45, 2.75) is 45.3 Å². The van der Waals surface area contributed by atoms with E-state index in [1.807, 2.05) is 30.3 Å². The maximum Gasteiger partial charge on any atom is 0.223 e. The minimum absolute atomic E-state index is 0.168. The van der Waals surface area contributed by atoms with E-state index < -0.39 is 0 Å². The first-order valence-electron chi connectivity index (χ1n) is 9.22. The van der Waals surface area contributed by atoms with Crippen LogP contribution in [0.5, 0.6) is 11.5 Å². The Bertz CT molecular complexity index is 712. The largest absolute Gasteiger partial charge is 0.493 e. The molecule has 1 N–H and O–H groups in total. The average molecular weight is 354 g/mol. The van der Waals surface area contributed by atoms with Gasteiger partial charge in [0.05, 0.1) is 7.11 Å². The van der Waals surface area contributed by atoms with E-state index in [-0.39, 0.29) is 11.8 Å². The van der Waals surface area contributed by atoms with E-state index in [0.29, 0.717) is 24.7 Å². The Labute approximate surface area is 154 Å². The molecule has 1 aromatic heterocycles. The number of amides is 1. The number of hydrogen-bond donors (Lipinski definition) is 1. The summed E-state index contributed by atoms with van der Waals surface area (Å²) >= 11 is 0. The second-order valence-electron chi connectivity index (χ2n) is 6.68. The maximum atomic E-state index is 12.3. The SMILES string of the molecule is COc1cc(CNC(=O)C2CCCCC2)ccc1OCc1ccncc1. The zero-order valence-corrected chi connectivity index (χ0v) is 15.2. The number of methoxy groups -OCH3 is 1. The molecule has 0 bridgehead atoms. The van der Waals surface area contributed by atoms with E-state index in [4.69, 9.17) is 9.47 Å². The first kappa shape index (κ1) is 18.2. The molecule has 0 spiro atoms. The van der Waals surface area contributed by atoms with Crippen molar-refractivity contribution < 1.29 is 14.3 Å². The van der Waals surface area contributed by atoms with Gasteiger partial charge >= 0.3 is 0 Å². The quantitative estimate of drug-likeness (QED) is 0.820. The highest BCUT2D eigenvalue weighted by atomic mass is 16.5. The molecule has 0 saturated heterocycles. The molecule has 1 fully saturated rings. The standard InChI is InChI=1S/C21H26N2O3/c1-25-20-13-17(14-23-21(24)18-5-3-2-4-6-18)7-8-19(20)26-15-16-9-11-22-12-10-16/h7-13,18H,2-6,14-15H2,1H3,(H,23,24). The molecule has 1 amide bonds. The zero-order valence-electron chi connectivity index (χ0n) is 15.2. The number of nitrogens with zero attached hydrogens (tertiary/aromatic N) is 1. The Hall–Kier alpha value is -2.56. The van der Waals surface area contributed by atoms with Gasteiger partial charge in [0.2, 0.25) is 5.91 Å². The summed E-state index contributed by atoms with van der Waals surface area (Å²) in [7, 11) is 1.62. The Morgan fingerprint density at radius 3 is 2.58 bits per heavy atom. The fourth-order valence-corrected chi connectivity index (χ4v) is 3.28. The van der Waals surface area contributed by atoms with Crippen LogP contribution in [0.25, 0.3) is 0 Å². The van der Waals surface area contributed by atoms with Crippen LogP contribution in [0.15, 0.2) is 42.7 Å². The third-order valence-corrected chi connectivity index (χ3v) is 4.81. The number of rotatable bonds is 7. The lowest BCUT2D eigenvalue weighted by Crippen LogP contribution is -2.31.